The van der Waals surface area contributed by atoms with E-state index in [1.807, 2.05) is 18.2 Å². The van der Waals surface area contributed by atoms with Crippen molar-refractivity contribution in [3.05, 3.63) is 70.0 Å². The van der Waals surface area contributed by atoms with Gasteiger partial charge in [-0.15, -0.1) is 0 Å². The SMILES string of the molecule is CC(C)(C)[Si](C)(C)O[C@@H]1c2ccccc2C=C[C@H]1Oc1cc(F)ccc1Br. The fourth-order valence-corrected chi connectivity index (χ4v) is 4.43. The third-order valence-corrected chi connectivity index (χ3v) is 10.6. The molecule has 0 spiro atoms. The highest BCUT2D eigenvalue weighted by Crippen LogP contribution is 2.43. The van der Waals surface area contributed by atoms with Crippen molar-refractivity contribution in [2.24, 2.45) is 0 Å². The Kier molecular flexibility index (Phi) is 5.66. The second kappa shape index (κ2) is 7.53. The molecule has 0 bridgehead atoms. The molecule has 0 N–H and O–H groups in total. The molecule has 3 rings (SSSR count). The summed E-state index contributed by atoms with van der Waals surface area (Å²) in [6, 6.07) is 12.7. The predicted octanol–water partition coefficient (Wildman–Crippen LogP) is 7.13. The largest absolute Gasteiger partial charge is 0.482 e. The lowest BCUT2D eigenvalue weighted by molar-refractivity contribution is 0.0697. The average Bonchev–Trinajstić information content (AvgIpc) is 2.59. The zero-order valence-corrected chi connectivity index (χ0v) is 19.0. The fourth-order valence-electron chi connectivity index (χ4n) is 2.84. The molecule has 144 valence electrons. The minimum atomic E-state index is -2.04. The van der Waals surface area contributed by atoms with Gasteiger partial charge in [0.25, 0.3) is 0 Å². The average molecular weight is 449 g/mol. The van der Waals surface area contributed by atoms with E-state index in [0.717, 1.165) is 15.6 Å². The first kappa shape index (κ1) is 20.3. The van der Waals surface area contributed by atoms with Crippen molar-refractivity contribution in [3.8, 4) is 5.75 Å². The van der Waals surface area contributed by atoms with Gasteiger partial charge in [0.1, 0.15) is 23.8 Å². The maximum atomic E-state index is 13.7. The zero-order valence-electron chi connectivity index (χ0n) is 16.4. The lowest BCUT2D eigenvalue weighted by atomic mass is 9.93. The summed E-state index contributed by atoms with van der Waals surface area (Å²) in [4.78, 5) is 0. The first-order valence-corrected chi connectivity index (χ1v) is 12.9. The Morgan fingerprint density at radius 1 is 1.07 bits per heavy atom. The van der Waals surface area contributed by atoms with Gasteiger partial charge in [-0.25, -0.2) is 4.39 Å². The maximum absolute atomic E-state index is 13.7. The van der Waals surface area contributed by atoms with Gasteiger partial charge in [0.05, 0.1) is 4.47 Å². The molecule has 2 atom stereocenters. The number of ether oxygens (including phenoxy) is 1. The van der Waals surface area contributed by atoms with Crippen molar-refractivity contribution in [1.29, 1.82) is 0 Å². The summed E-state index contributed by atoms with van der Waals surface area (Å²) >= 11 is 3.45. The number of rotatable bonds is 4. The van der Waals surface area contributed by atoms with Crippen LogP contribution in [0.3, 0.4) is 0 Å². The van der Waals surface area contributed by atoms with Crippen LogP contribution < -0.4 is 4.74 Å². The Hall–Kier alpha value is -1.43. The first-order chi connectivity index (χ1) is 12.6. The zero-order chi connectivity index (χ0) is 19.8. The Balaban J connectivity index is 1.98. The van der Waals surface area contributed by atoms with Crippen LogP contribution in [-0.4, -0.2) is 14.4 Å². The summed E-state index contributed by atoms with van der Waals surface area (Å²) in [6.07, 6.45) is 3.50. The summed E-state index contributed by atoms with van der Waals surface area (Å²) < 4.78 is 27.4. The lowest BCUT2D eigenvalue weighted by Crippen LogP contribution is -2.45. The van der Waals surface area contributed by atoms with Crippen molar-refractivity contribution in [3.63, 3.8) is 0 Å². The minimum Gasteiger partial charge on any atom is -0.482 e. The summed E-state index contributed by atoms with van der Waals surface area (Å²) in [5.41, 5.74) is 2.25. The summed E-state index contributed by atoms with van der Waals surface area (Å²) in [5, 5.41) is 0.0765. The third kappa shape index (κ3) is 4.36. The molecule has 0 radical (unpaired) electrons. The number of hydrogen-bond acceptors (Lipinski definition) is 2. The van der Waals surface area contributed by atoms with Gasteiger partial charge in [-0.2, -0.15) is 0 Å². The molecule has 0 saturated carbocycles. The molecule has 0 heterocycles. The number of benzene rings is 2. The van der Waals surface area contributed by atoms with E-state index in [-0.39, 0.29) is 23.1 Å². The van der Waals surface area contributed by atoms with Gasteiger partial charge in [0.15, 0.2) is 8.32 Å². The molecule has 1 aliphatic carbocycles. The van der Waals surface area contributed by atoms with Crippen molar-refractivity contribution < 1.29 is 13.6 Å². The Morgan fingerprint density at radius 3 is 2.48 bits per heavy atom. The van der Waals surface area contributed by atoms with Gasteiger partial charge in [0, 0.05) is 6.07 Å². The van der Waals surface area contributed by atoms with E-state index in [9.17, 15) is 4.39 Å². The predicted molar refractivity (Wildman–Crippen MR) is 115 cm³/mol. The number of fused-ring (bicyclic) bond motifs is 1. The van der Waals surface area contributed by atoms with Crippen LogP contribution in [0.25, 0.3) is 6.08 Å². The van der Waals surface area contributed by atoms with E-state index in [0.29, 0.717) is 5.75 Å². The molecule has 1 aliphatic rings. The smallest absolute Gasteiger partial charge is 0.193 e. The molecule has 5 heteroatoms. The van der Waals surface area contributed by atoms with Crippen LogP contribution in [0.5, 0.6) is 5.75 Å². The minimum absolute atomic E-state index is 0.0765. The van der Waals surface area contributed by atoms with E-state index < -0.39 is 8.32 Å². The monoisotopic (exact) mass is 448 g/mol. The highest BCUT2D eigenvalue weighted by atomic mass is 79.9. The van der Waals surface area contributed by atoms with Crippen LogP contribution >= 0.6 is 15.9 Å². The summed E-state index contributed by atoms with van der Waals surface area (Å²) in [5.74, 6) is 0.156. The molecule has 2 aromatic rings. The van der Waals surface area contributed by atoms with Gasteiger partial charge in [-0.05, 0) is 63.4 Å². The van der Waals surface area contributed by atoms with Gasteiger partial charge in [0.2, 0.25) is 0 Å². The molecule has 2 aromatic carbocycles. The van der Waals surface area contributed by atoms with Crippen LogP contribution in [0.2, 0.25) is 18.1 Å². The van der Waals surface area contributed by atoms with E-state index >= 15 is 0 Å². The van der Waals surface area contributed by atoms with Crippen LogP contribution in [0.4, 0.5) is 4.39 Å². The summed E-state index contributed by atoms with van der Waals surface area (Å²) in [7, 11) is -2.04. The summed E-state index contributed by atoms with van der Waals surface area (Å²) in [6.45, 7) is 11.2. The second-order valence-electron chi connectivity index (χ2n) is 8.44. The Labute approximate surface area is 170 Å². The first-order valence-electron chi connectivity index (χ1n) is 9.15. The Morgan fingerprint density at radius 2 is 1.78 bits per heavy atom. The molecular weight excluding hydrogens is 423 g/mol. The molecule has 0 aliphatic heterocycles. The van der Waals surface area contributed by atoms with Crippen LogP contribution in [0.15, 0.2) is 53.0 Å². The van der Waals surface area contributed by atoms with Crippen LogP contribution in [0, 0.1) is 5.82 Å². The van der Waals surface area contributed by atoms with E-state index in [4.69, 9.17) is 9.16 Å². The molecule has 0 aromatic heterocycles. The quantitative estimate of drug-likeness (QED) is 0.463. The second-order valence-corrected chi connectivity index (χ2v) is 14.1. The van der Waals surface area contributed by atoms with Gasteiger partial charge < -0.3 is 9.16 Å². The van der Waals surface area contributed by atoms with Gasteiger partial charge in [-0.1, -0.05) is 51.1 Å². The normalized spacial score (nSPS) is 19.7. The van der Waals surface area contributed by atoms with Crippen molar-refractivity contribution in [2.75, 3.05) is 0 Å². The molecule has 0 fully saturated rings. The topological polar surface area (TPSA) is 18.5 Å². The highest BCUT2D eigenvalue weighted by Gasteiger charge is 2.42. The molecule has 0 saturated heterocycles. The molecule has 0 amide bonds. The van der Waals surface area contributed by atoms with Crippen molar-refractivity contribution >= 4 is 30.3 Å². The van der Waals surface area contributed by atoms with Crippen molar-refractivity contribution in [2.45, 2.75) is 51.1 Å². The third-order valence-electron chi connectivity index (χ3n) is 5.45. The number of halogens is 2. The van der Waals surface area contributed by atoms with Crippen molar-refractivity contribution in [1.82, 2.24) is 0 Å². The van der Waals surface area contributed by atoms with E-state index in [1.54, 1.807) is 6.07 Å². The molecule has 27 heavy (non-hydrogen) atoms. The molecule has 0 unspecified atom stereocenters. The maximum Gasteiger partial charge on any atom is 0.193 e. The standard InChI is InChI=1S/C22H26BrFO2Si/c1-22(2,3)27(4,5)26-21-17-9-7-6-8-15(17)10-13-19(21)25-20-14-16(24)11-12-18(20)23/h6-14,19,21H,1-5H3/t19-,21-/m1/s1. The van der Waals surface area contributed by atoms with Crippen LogP contribution in [0.1, 0.15) is 38.0 Å². The molecular formula is C22H26BrFO2Si. The van der Waals surface area contributed by atoms with Gasteiger partial charge in [-0.3, -0.25) is 0 Å². The van der Waals surface area contributed by atoms with E-state index in [1.165, 1.54) is 12.1 Å². The number of hydrogen-bond donors (Lipinski definition) is 0. The molecule has 2 nitrogen and oxygen atoms in total. The highest BCUT2D eigenvalue weighted by molar-refractivity contribution is 9.10. The van der Waals surface area contributed by atoms with E-state index in [2.05, 4.69) is 68.0 Å². The Bertz CT molecular complexity index is 858. The van der Waals surface area contributed by atoms with Gasteiger partial charge >= 0.3 is 0 Å². The fraction of sp³-hybridized carbons (Fsp3) is 0.364. The lowest BCUT2D eigenvalue weighted by Gasteiger charge is -2.42. The van der Waals surface area contributed by atoms with Crippen LogP contribution in [-0.2, 0) is 4.43 Å².